The zero-order chi connectivity index (χ0) is 12.5. The van der Waals surface area contributed by atoms with Gasteiger partial charge in [-0.25, -0.2) is 4.39 Å². The third kappa shape index (κ3) is 6.05. The highest BCUT2D eigenvalue weighted by Gasteiger charge is 2.02. The van der Waals surface area contributed by atoms with Crippen molar-refractivity contribution in [3.05, 3.63) is 30.1 Å². The molecule has 0 radical (unpaired) electrons. The van der Waals surface area contributed by atoms with Gasteiger partial charge in [0, 0.05) is 17.2 Å². The number of nitrogens with zero attached hydrogens (tertiary/aromatic N) is 1. The van der Waals surface area contributed by atoms with Crippen LogP contribution in [0.15, 0.2) is 29.2 Å². The maximum Gasteiger partial charge on any atom is 0.136 e. The first kappa shape index (κ1) is 14.5. The zero-order valence-corrected chi connectivity index (χ0v) is 11.4. The molecule has 1 aromatic carbocycles. The summed E-state index contributed by atoms with van der Waals surface area (Å²) >= 11 is 1.58. The molecule has 0 aliphatic carbocycles. The van der Waals surface area contributed by atoms with Crippen molar-refractivity contribution in [2.75, 3.05) is 39.5 Å². The molecule has 1 N–H and O–H groups in total. The average molecular weight is 256 g/mol. The van der Waals surface area contributed by atoms with Crippen LogP contribution in [0.3, 0.4) is 0 Å². The summed E-state index contributed by atoms with van der Waals surface area (Å²) in [5.74, 6) is 0.812. The third-order valence-electron chi connectivity index (χ3n) is 2.53. The van der Waals surface area contributed by atoms with Crippen LogP contribution in [0.1, 0.15) is 6.42 Å². The quantitative estimate of drug-likeness (QED) is 0.568. The van der Waals surface area contributed by atoms with Crippen LogP contribution >= 0.6 is 11.8 Å². The Morgan fingerprint density at radius 1 is 1.29 bits per heavy atom. The van der Waals surface area contributed by atoms with Gasteiger partial charge in [0.1, 0.15) is 5.82 Å². The molecule has 0 atom stereocenters. The Balaban J connectivity index is 2.17. The van der Waals surface area contributed by atoms with Gasteiger partial charge in [0.15, 0.2) is 0 Å². The van der Waals surface area contributed by atoms with Crippen molar-refractivity contribution in [3.8, 4) is 0 Å². The zero-order valence-electron chi connectivity index (χ0n) is 10.6. The molecule has 0 bridgehead atoms. The Morgan fingerprint density at radius 3 is 2.76 bits per heavy atom. The first-order chi connectivity index (χ1) is 8.24. The maximum absolute atomic E-state index is 13.3. The molecular formula is C13H21FN2S. The van der Waals surface area contributed by atoms with Crippen molar-refractivity contribution in [2.45, 2.75) is 11.3 Å². The van der Waals surface area contributed by atoms with Gasteiger partial charge in [-0.2, -0.15) is 0 Å². The molecule has 17 heavy (non-hydrogen) atoms. The molecule has 0 saturated carbocycles. The largest absolute Gasteiger partial charge is 0.320 e. The first-order valence-corrected chi connectivity index (χ1v) is 6.93. The molecule has 4 heteroatoms. The van der Waals surface area contributed by atoms with Gasteiger partial charge in [0.2, 0.25) is 0 Å². The highest BCUT2D eigenvalue weighted by atomic mass is 32.2. The standard InChI is InChI=1S/C13H21FN2S/c1-15-8-5-9-16(2)10-11-17-13-7-4-3-6-12(13)14/h3-4,6-7,15H,5,8-11H2,1-2H3. The molecule has 0 spiro atoms. The van der Waals surface area contributed by atoms with Crippen LogP contribution < -0.4 is 5.32 Å². The first-order valence-electron chi connectivity index (χ1n) is 5.94. The van der Waals surface area contributed by atoms with E-state index in [0.717, 1.165) is 36.7 Å². The van der Waals surface area contributed by atoms with Crippen molar-refractivity contribution >= 4 is 11.8 Å². The Hall–Kier alpha value is -0.580. The molecule has 1 aromatic rings. The van der Waals surface area contributed by atoms with E-state index >= 15 is 0 Å². The Bertz CT molecular complexity index is 320. The fourth-order valence-electron chi connectivity index (χ4n) is 1.51. The number of hydrogen-bond acceptors (Lipinski definition) is 3. The Morgan fingerprint density at radius 2 is 2.06 bits per heavy atom. The molecule has 2 nitrogen and oxygen atoms in total. The Labute approximate surface area is 108 Å². The van der Waals surface area contributed by atoms with Crippen LogP contribution in [-0.2, 0) is 0 Å². The molecule has 0 aliphatic rings. The maximum atomic E-state index is 13.3. The highest BCUT2D eigenvalue weighted by Crippen LogP contribution is 2.20. The second-order valence-electron chi connectivity index (χ2n) is 4.04. The van der Waals surface area contributed by atoms with Crippen LogP contribution in [-0.4, -0.2) is 44.4 Å². The van der Waals surface area contributed by atoms with Crippen molar-refractivity contribution < 1.29 is 4.39 Å². The number of thioether (sulfide) groups is 1. The van der Waals surface area contributed by atoms with E-state index in [2.05, 4.69) is 17.3 Å². The van der Waals surface area contributed by atoms with Crippen molar-refractivity contribution in [3.63, 3.8) is 0 Å². The lowest BCUT2D eigenvalue weighted by Gasteiger charge is -2.16. The molecule has 0 unspecified atom stereocenters. The predicted molar refractivity (Wildman–Crippen MR) is 73.2 cm³/mol. The SMILES string of the molecule is CNCCCN(C)CCSc1ccccc1F. The van der Waals surface area contributed by atoms with Gasteiger partial charge in [-0.15, -0.1) is 11.8 Å². The van der Waals surface area contributed by atoms with Crippen LogP contribution in [0.25, 0.3) is 0 Å². The molecule has 96 valence electrons. The predicted octanol–water partition coefficient (Wildman–Crippen LogP) is 2.46. The van der Waals surface area contributed by atoms with E-state index in [9.17, 15) is 4.39 Å². The molecule has 0 heterocycles. The summed E-state index contributed by atoms with van der Waals surface area (Å²) in [4.78, 5) is 3.03. The van der Waals surface area contributed by atoms with Crippen molar-refractivity contribution in [2.24, 2.45) is 0 Å². The van der Waals surface area contributed by atoms with E-state index in [-0.39, 0.29) is 5.82 Å². The van der Waals surface area contributed by atoms with Crippen LogP contribution in [0, 0.1) is 5.82 Å². The summed E-state index contributed by atoms with van der Waals surface area (Å²) in [6.45, 7) is 3.12. The Kier molecular flexibility index (Phi) is 7.24. The molecule has 0 amide bonds. The van der Waals surface area contributed by atoms with Gasteiger partial charge < -0.3 is 10.2 Å². The number of rotatable bonds is 8. The number of nitrogens with one attached hydrogen (secondary N) is 1. The summed E-state index contributed by atoms with van der Waals surface area (Å²) in [5, 5.41) is 3.13. The van der Waals surface area contributed by atoms with Gasteiger partial charge in [0.05, 0.1) is 0 Å². The third-order valence-corrected chi connectivity index (χ3v) is 3.56. The summed E-state index contributed by atoms with van der Waals surface area (Å²) in [7, 11) is 4.08. The van der Waals surface area contributed by atoms with Gasteiger partial charge in [-0.3, -0.25) is 0 Å². The topological polar surface area (TPSA) is 15.3 Å². The van der Waals surface area contributed by atoms with Crippen molar-refractivity contribution in [1.29, 1.82) is 0 Å². The fraction of sp³-hybridized carbons (Fsp3) is 0.538. The molecule has 0 saturated heterocycles. The minimum atomic E-state index is -0.115. The molecule has 0 aliphatic heterocycles. The monoisotopic (exact) mass is 256 g/mol. The van der Waals surface area contributed by atoms with E-state index < -0.39 is 0 Å². The van der Waals surface area contributed by atoms with Crippen LogP contribution in [0.4, 0.5) is 4.39 Å². The number of halogens is 1. The van der Waals surface area contributed by atoms with Gasteiger partial charge in [0.25, 0.3) is 0 Å². The minimum Gasteiger partial charge on any atom is -0.320 e. The minimum absolute atomic E-state index is 0.115. The molecule has 1 rings (SSSR count). The van der Waals surface area contributed by atoms with E-state index in [0.29, 0.717) is 0 Å². The van der Waals surface area contributed by atoms with Gasteiger partial charge >= 0.3 is 0 Å². The van der Waals surface area contributed by atoms with E-state index in [1.165, 1.54) is 6.07 Å². The van der Waals surface area contributed by atoms with E-state index in [1.54, 1.807) is 17.8 Å². The lowest BCUT2D eigenvalue weighted by molar-refractivity contribution is 0.348. The van der Waals surface area contributed by atoms with E-state index in [4.69, 9.17) is 0 Å². The average Bonchev–Trinajstić information content (AvgIpc) is 2.32. The lowest BCUT2D eigenvalue weighted by atomic mass is 10.3. The van der Waals surface area contributed by atoms with Crippen LogP contribution in [0.2, 0.25) is 0 Å². The molecular weight excluding hydrogens is 235 g/mol. The fourth-order valence-corrected chi connectivity index (χ4v) is 2.51. The normalized spacial score (nSPS) is 11.1. The van der Waals surface area contributed by atoms with Gasteiger partial charge in [-0.1, -0.05) is 12.1 Å². The second-order valence-corrected chi connectivity index (χ2v) is 5.18. The second kappa shape index (κ2) is 8.50. The van der Waals surface area contributed by atoms with Gasteiger partial charge in [-0.05, 0) is 45.7 Å². The van der Waals surface area contributed by atoms with E-state index in [1.807, 2.05) is 19.2 Å². The number of hydrogen-bond donors (Lipinski definition) is 1. The lowest BCUT2D eigenvalue weighted by Crippen LogP contribution is -2.25. The molecule has 0 fully saturated rings. The number of benzene rings is 1. The summed E-state index contributed by atoms with van der Waals surface area (Å²) in [6.07, 6.45) is 1.15. The smallest absolute Gasteiger partial charge is 0.136 e. The summed E-state index contributed by atoms with van der Waals surface area (Å²) < 4.78 is 13.3. The van der Waals surface area contributed by atoms with Crippen LogP contribution in [0.5, 0.6) is 0 Å². The highest BCUT2D eigenvalue weighted by molar-refractivity contribution is 7.99. The summed E-state index contributed by atoms with van der Waals surface area (Å²) in [6, 6.07) is 6.95. The van der Waals surface area contributed by atoms with Crippen molar-refractivity contribution in [1.82, 2.24) is 10.2 Å². The summed E-state index contributed by atoms with van der Waals surface area (Å²) in [5.41, 5.74) is 0. The molecule has 0 aromatic heterocycles.